The Morgan fingerprint density at radius 3 is 2.73 bits per heavy atom. The van der Waals surface area contributed by atoms with Crippen LogP contribution in [0.3, 0.4) is 0 Å². The third kappa shape index (κ3) is 4.02. The third-order valence-corrected chi connectivity index (χ3v) is 3.39. The summed E-state index contributed by atoms with van der Waals surface area (Å²) < 4.78 is 0. The number of halogens is 2. The molecule has 1 nitrogen and oxygen atoms in total. The molecule has 0 saturated carbocycles. The first-order valence-electron chi connectivity index (χ1n) is 5.28. The van der Waals surface area contributed by atoms with Gasteiger partial charge in [0.25, 0.3) is 0 Å². The Morgan fingerprint density at radius 2 is 2.07 bits per heavy atom. The minimum atomic E-state index is 0.625. The lowest BCUT2D eigenvalue weighted by atomic mass is 10.1. The van der Waals surface area contributed by atoms with Crippen molar-refractivity contribution in [1.29, 1.82) is 0 Å². The lowest BCUT2D eigenvalue weighted by Gasteiger charge is -2.11. The number of nitrogens with one attached hydrogen (secondary N) is 1. The Labute approximate surface area is 102 Å². The Bertz CT molecular complexity index is 312. The third-order valence-electron chi connectivity index (χ3n) is 2.54. The monoisotopic (exact) mass is 245 g/mol. The Balaban J connectivity index is 2.47. The summed E-state index contributed by atoms with van der Waals surface area (Å²) in [5.41, 5.74) is 1.06. The van der Waals surface area contributed by atoms with Crippen molar-refractivity contribution in [1.82, 2.24) is 5.32 Å². The van der Waals surface area contributed by atoms with Crippen LogP contribution in [0.4, 0.5) is 0 Å². The fourth-order valence-corrected chi connectivity index (χ4v) is 1.67. The van der Waals surface area contributed by atoms with Crippen LogP contribution in [0.1, 0.15) is 25.8 Å². The average molecular weight is 246 g/mol. The minimum absolute atomic E-state index is 0.625. The normalized spacial score (nSPS) is 12.8. The Hall–Kier alpha value is -0.240. The van der Waals surface area contributed by atoms with E-state index >= 15 is 0 Å². The number of benzene rings is 1. The molecule has 0 radical (unpaired) electrons. The van der Waals surface area contributed by atoms with Gasteiger partial charge in [-0.05, 0) is 24.1 Å². The summed E-state index contributed by atoms with van der Waals surface area (Å²) in [5, 5.41) is 4.66. The van der Waals surface area contributed by atoms with Gasteiger partial charge in [-0.15, -0.1) is 0 Å². The van der Waals surface area contributed by atoms with Gasteiger partial charge in [0, 0.05) is 6.54 Å². The van der Waals surface area contributed by atoms with Gasteiger partial charge in [0.05, 0.1) is 10.0 Å². The second kappa shape index (κ2) is 6.37. The zero-order valence-corrected chi connectivity index (χ0v) is 10.7. The van der Waals surface area contributed by atoms with Gasteiger partial charge >= 0.3 is 0 Å². The van der Waals surface area contributed by atoms with E-state index in [0.29, 0.717) is 16.0 Å². The summed E-state index contributed by atoms with van der Waals surface area (Å²) in [6.45, 7) is 6.22. The van der Waals surface area contributed by atoms with Crippen molar-refractivity contribution in [2.45, 2.75) is 26.8 Å². The van der Waals surface area contributed by atoms with Gasteiger partial charge < -0.3 is 5.32 Å². The maximum absolute atomic E-state index is 6.07. The standard InChI is InChI=1S/C12H17Cl2N/c1-3-9(2)7-15-8-10-5-4-6-11(13)12(10)14/h4-6,9,15H,3,7-8H2,1-2H3. The van der Waals surface area contributed by atoms with Crippen molar-refractivity contribution < 1.29 is 0 Å². The molecule has 0 aliphatic rings. The molecule has 0 spiro atoms. The predicted molar refractivity (Wildman–Crippen MR) is 67.6 cm³/mol. The minimum Gasteiger partial charge on any atom is -0.312 e. The lowest BCUT2D eigenvalue weighted by Crippen LogP contribution is -2.20. The summed E-state index contributed by atoms with van der Waals surface area (Å²) in [4.78, 5) is 0. The van der Waals surface area contributed by atoms with E-state index in [4.69, 9.17) is 23.2 Å². The molecule has 1 aromatic rings. The molecule has 0 aliphatic carbocycles. The number of hydrogen-bond donors (Lipinski definition) is 1. The van der Waals surface area contributed by atoms with Gasteiger partial charge in [0.2, 0.25) is 0 Å². The van der Waals surface area contributed by atoms with E-state index in [1.54, 1.807) is 0 Å². The van der Waals surface area contributed by atoms with E-state index in [1.807, 2.05) is 18.2 Å². The van der Waals surface area contributed by atoms with E-state index < -0.39 is 0 Å². The van der Waals surface area contributed by atoms with Crippen LogP contribution in [0.25, 0.3) is 0 Å². The number of rotatable bonds is 5. The van der Waals surface area contributed by atoms with Gasteiger partial charge in [-0.2, -0.15) is 0 Å². The Morgan fingerprint density at radius 1 is 1.33 bits per heavy atom. The molecule has 0 fully saturated rings. The highest BCUT2D eigenvalue weighted by molar-refractivity contribution is 6.42. The molecule has 1 N–H and O–H groups in total. The van der Waals surface area contributed by atoms with Gasteiger partial charge in [-0.25, -0.2) is 0 Å². The maximum atomic E-state index is 6.07. The molecule has 0 bridgehead atoms. The average Bonchev–Trinajstić information content (AvgIpc) is 2.24. The molecule has 0 aromatic heterocycles. The first kappa shape index (κ1) is 12.8. The van der Waals surface area contributed by atoms with Crippen molar-refractivity contribution in [3.8, 4) is 0 Å². The van der Waals surface area contributed by atoms with Crippen LogP contribution >= 0.6 is 23.2 Å². The topological polar surface area (TPSA) is 12.0 Å². The van der Waals surface area contributed by atoms with Crippen LogP contribution in [-0.2, 0) is 6.54 Å². The highest BCUT2D eigenvalue weighted by atomic mass is 35.5. The molecule has 0 aliphatic heterocycles. The fraction of sp³-hybridized carbons (Fsp3) is 0.500. The lowest BCUT2D eigenvalue weighted by molar-refractivity contribution is 0.500. The molecular weight excluding hydrogens is 229 g/mol. The molecule has 3 heteroatoms. The van der Waals surface area contributed by atoms with Crippen LogP contribution < -0.4 is 5.32 Å². The van der Waals surface area contributed by atoms with Crippen LogP contribution in [-0.4, -0.2) is 6.54 Å². The second-order valence-electron chi connectivity index (χ2n) is 3.86. The first-order valence-corrected chi connectivity index (χ1v) is 6.04. The van der Waals surface area contributed by atoms with Crippen molar-refractivity contribution in [3.63, 3.8) is 0 Å². The van der Waals surface area contributed by atoms with Crippen molar-refractivity contribution in [2.75, 3.05) is 6.54 Å². The molecule has 1 atom stereocenters. The molecule has 1 unspecified atom stereocenters. The summed E-state index contributed by atoms with van der Waals surface area (Å²) in [6.07, 6.45) is 1.19. The molecule has 15 heavy (non-hydrogen) atoms. The van der Waals surface area contributed by atoms with Gasteiger partial charge in [0.1, 0.15) is 0 Å². The largest absolute Gasteiger partial charge is 0.312 e. The molecule has 0 heterocycles. The summed E-state index contributed by atoms with van der Waals surface area (Å²) in [7, 11) is 0. The SMILES string of the molecule is CCC(C)CNCc1cccc(Cl)c1Cl. The van der Waals surface area contributed by atoms with Crippen LogP contribution in [0, 0.1) is 5.92 Å². The van der Waals surface area contributed by atoms with Gasteiger partial charge in [-0.3, -0.25) is 0 Å². The van der Waals surface area contributed by atoms with E-state index in [-0.39, 0.29) is 0 Å². The van der Waals surface area contributed by atoms with Crippen LogP contribution in [0.2, 0.25) is 10.0 Å². The van der Waals surface area contributed by atoms with E-state index in [9.17, 15) is 0 Å². The second-order valence-corrected chi connectivity index (χ2v) is 4.64. The molecule has 1 rings (SSSR count). The van der Waals surface area contributed by atoms with Crippen molar-refractivity contribution >= 4 is 23.2 Å². The first-order chi connectivity index (χ1) is 7.15. The maximum Gasteiger partial charge on any atom is 0.0637 e. The summed E-state index contributed by atoms with van der Waals surface area (Å²) in [6, 6.07) is 5.73. The molecule has 0 amide bonds. The summed E-state index contributed by atoms with van der Waals surface area (Å²) in [5.74, 6) is 0.697. The van der Waals surface area contributed by atoms with Crippen molar-refractivity contribution in [2.24, 2.45) is 5.92 Å². The quantitative estimate of drug-likeness (QED) is 0.823. The Kier molecular flexibility index (Phi) is 5.44. The molecule has 0 saturated heterocycles. The van der Waals surface area contributed by atoms with E-state index in [1.165, 1.54) is 6.42 Å². The molecular formula is C12H17Cl2N. The van der Waals surface area contributed by atoms with E-state index in [0.717, 1.165) is 18.7 Å². The molecule has 1 aromatic carbocycles. The van der Waals surface area contributed by atoms with Crippen LogP contribution in [0.15, 0.2) is 18.2 Å². The van der Waals surface area contributed by atoms with Gasteiger partial charge in [-0.1, -0.05) is 55.6 Å². The highest BCUT2D eigenvalue weighted by Gasteiger charge is 2.04. The van der Waals surface area contributed by atoms with Gasteiger partial charge in [0.15, 0.2) is 0 Å². The van der Waals surface area contributed by atoms with Crippen LogP contribution in [0.5, 0.6) is 0 Å². The highest BCUT2D eigenvalue weighted by Crippen LogP contribution is 2.25. The van der Waals surface area contributed by atoms with E-state index in [2.05, 4.69) is 19.2 Å². The fourth-order valence-electron chi connectivity index (χ4n) is 1.28. The smallest absolute Gasteiger partial charge is 0.0637 e. The predicted octanol–water partition coefficient (Wildman–Crippen LogP) is 4.13. The molecule has 84 valence electrons. The summed E-state index contributed by atoms with van der Waals surface area (Å²) >= 11 is 12.0. The van der Waals surface area contributed by atoms with Crippen molar-refractivity contribution in [3.05, 3.63) is 33.8 Å². The zero-order valence-electron chi connectivity index (χ0n) is 9.19. The zero-order chi connectivity index (χ0) is 11.3. The number of hydrogen-bond acceptors (Lipinski definition) is 1.